The van der Waals surface area contributed by atoms with Gasteiger partial charge in [0.15, 0.2) is 0 Å². The van der Waals surface area contributed by atoms with Crippen molar-refractivity contribution < 1.29 is 28.6 Å². The number of nitrogens with zero attached hydrogens (tertiary/aromatic N) is 1. The van der Waals surface area contributed by atoms with Crippen molar-refractivity contribution >= 4 is 17.9 Å². The summed E-state index contributed by atoms with van der Waals surface area (Å²) in [6, 6.07) is 0. The first kappa shape index (κ1) is 37.1. The third-order valence-electron chi connectivity index (χ3n) is 6.50. The minimum absolute atomic E-state index is 0.141. The quantitative estimate of drug-likeness (QED) is 0.0428. The second-order valence-electron chi connectivity index (χ2n) is 10.5. The number of hydrogen-bond donors (Lipinski definition) is 0. The standard InChI is InChI=1S/C32H59NO6/c1-4-7-10-11-12-13-14-15-16-17-18-19-20-21-22-23-26-39-32(36)29-33(27-30(34)37-24-8-5-2)28-31(35)38-25-9-6-3/h15-16H,4-14,17-29H2,1-3H3/b16-15-. The van der Waals surface area contributed by atoms with E-state index in [-0.39, 0.29) is 19.6 Å². The van der Waals surface area contributed by atoms with Gasteiger partial charge in [-0.2, -0.15) is 0 Å². The lowest BCUT2D eigenvalue weighted by Gasteiger charge is -2.19. The molecule has 39 heavy (non-hydrogen) atoms. The summed E-state index contributed by atoms with van der Waals surface area (Å²) in [7, 11) is 0. The molecule has 0 aromatic rings. The van der Waals surface area contributed by atoms with E-state index in [1.807, 2.05) is 13.8 Å². The molecule has 7 heteroatoms. The van der Waals surface area contributed by atoms with Crippen LogP contribution < -0.4 is 0 Å². The molecule has 0 saturated heterocycles. The summed E-state index contributed by atoms with van der Waals surface area (Å²) < 4.78 is 15.7. The van der Waals surface area contributed by atoms with Gasteiger partial charge in [-0.1, -0.05) is 104 Å². The fourth-order valence-electron chi connectivity index (χ4n) is 4.05. The first-order valence-electron chi connectivity index (χ1n) is 15.9. The van der Waals surface area contributed by atoms with E-state index in [0.717, 1.165) is 44.9 Å². The number of carbonyl (C=O) groups excluding carboxylic acids is 3. The van der Waals surface area contributed by atoms with Crippen molar-refractivity contribution in [1.29, 1.82) is 0 Å². The number of rotatable bonds is 28. The summed E-state index contributed by atoms with van der Waals surface area (Å²) in [5, 5.41) is 0. The Morgan fingerprint density at radius 3 is 1.21 bits per heavy atom. The Morgan fingerprint density at radius 2 is 0.795 bits per heavy atom. The Balaban J connectivity index is 3.96. The van der Waals surface area contributed by atoms with Gasteiger partial charge in [0.2, 0.25) is 0 Å². The lowest BCUT2D eigenvalue weighted by atomic mass is 10.1. The summed E-state index contributed by atoms with van der Waals surface area (Å²) in [6.07, 6.45) is 25.3. The van der Waals surface area contributed by atoms with Crippen LogP contribution in [-0.4, -0.2) is 62.3 Å². The van der Waals surface area contributed by atoms with Gasteiger partial charge in [-0.25, -0.2) is 0 Å². The van der Waals surface area contributed by atoms with Gasteiger partial charge in [0.1, 0.15) is 0 Å². The van der Waals surface area contributed by atoms with E-state index in [2.05, 4.69) is 19.1 Å². The van der Waals surface area contributed by atoms with Gasteiger partial charge < -0.3 is 14.2 Å². The van der Waals surface area contributed by atoms with Gasteiger partial charge >= 0.3 is 17.9 Å². The minimum atomic E-state index is -0.453. The van der Waals surface area contributed by atoms with Gasteiger partial charge in [-0.15, -0.1) is 0 Å². The number of allylic oxidation sites excluding steroid dienone is 2. The second-order valence-corrected chi connectivity index (χ2v) is 10.5. The maximum absolute atomic E-state index is 12.3. The van der Waals surface area contributed by atoms with Gasteiger partial charge in [-0.3, -0.25) is 19.3 Å². The van der Waals surface area contributed by atoms with Crippen LogP contribution in [0.25, 0.3) is 0 Å². The highest BCUT2D eigenvalue weighted by Crippen LogP contribution is 2.10. The molecule has 0 N–H and O–H groups in total. The van der Waals surface area contributed by atoms with E-state index in [4.69, 9.17) is 14.2 Å². The van der Waals surface area contributed by atoms with E-state index < -0.39 is 17.9 Å². The van der Waals surface area contributed by atoms with Gasteiger partial charge in [0.05, 0.1) is 39.5 Å². The number of unbranched alkanes of at least 4 members (excludes halogenated alkanes) is 14. The zero-order valence-corrected chi connectivity index (χ0v) is 25.5. The Labute approximate surface area is 239 Å². The van der Waals surface area contributed by atoms with Crippen LogP contribution in [0.4, 0.5) is 0 Å². The monoisotopic (exact) mass is 553 g/mol. The van der Waals surface area contributed by atoms with Crippen LogP contribution in [-0.2, 0) is 28.6 Å². The Kier molecular flexibility index (Phi) is 27.7. The van der Waals surface area contributed by atoms with Crippen molar-refractivity contribution in [2.45, 2.75) is 136 Å². The molecular formula is C32H59NO6. The molecule has 0 amide bonds. The van der Waals surface area contributed by atoms with Crippen LogP contribution in [0.2, 0.25) is 0 Å². The molecule has 0 aromatic heterocycles. The van der Waals surface area contributed by atoms with Gasteiger partial charge in [0.25, 0.3) is 0 Å². The van der Waals surface area contributed by atoms with Crippen LogP contribution in [0.15, 0.2) is 12.2 Å². The van der Waals surface area contributed by atoms with Crippen molar-refractivity contribution in [3.05, 3.63) is 12.2 Å². The van der Waals surface area contributed by atoms with E-state index in [9.17, 15) is 14.4 Å². The summed E-state index contributed by atoms with van der Waals surface area (Å²) in [5.41, 5.74) is 0. The molecule has 7 nitrogen and oxygen atoms in total. The number of esters is 3. The van der Waals surface area contributed by atoms with Gasteiger partial charge in [0, 0.05) is 0 Å². The lowest BCUT2D eigenvalue weighted by Crippen LogP contribution is -2.40. The molecule has 0 heterocycles. The first-order chi connectivity index (χ1) is 19.0. The Morgan fingerprint density at radius 1 is 0.462 bits per heavy atom. The third kappa shape index (κ3) is 27.5. The van der Waals surface area contributed by atoms with Crippen LogP contribution in [0.5, 0.6) is 0 Å². The first-order valence-corrected chi connectivity index (χ1v) is 15.9. The summed E-state index contributed by atoms with van der Waals surface area (Å²) >= 11 is 0. The summed E-state index contributed by atoms with van der Waals surface area (Å²) in [5.74, 6) is -1.35. The van der Waals surface area contributed by atoms with E-state index >= 15 is 0 Å². The SMILES string of the molecule is CCCCCCCC/C=C\CCCCCCCCOC(=O)CN(CC(=O)OCCCC)CC(=O)OCCCC. The van der Waals surface area contributed by atoms with Crippen molar-refractivity contribution in [3.63, 3.8) is 0 Å². The predicted octanol–water partition coefficient (Wildman–Crippen LogP) is 7.56. The average molecular weight is 554 g/mol. The second kappa shape index (κ2) is 29.1. The van der Waals surface area contributed by atoms with Crippen LogP contribution in [0.1, 0.15) is 136 Å². The van der Waals surface area contributed by atoms with E-state index in [1.54, 1.807) is 0 Å². The molecule has 0 spiro atoms. The van der Waals surface area contributed by atoms with Crippen LogP contribution in [0.3, 0.4) is 0 Å². The zero-order valence-electron chi connectivity index (χ0n) is 25.5. The van der Waals surface area contributed by atoms with Crippen molar-refractivity contribution in [2.75, 3.05) is 39.5 Å². The van der Waals surface area contributed by atoms with Crippen molar-refractivity contribution in [2.24, 2.45) is 0 Å². The fourth-order valence-corrected chi connectivity index (χ4v) is 4.05. The predicted molar refractivity (Wildman–Crippen MR) is 159 cm³/mol. The fraction of sp³-hybridized carbons (Fsp3) is 0.844. The highest BCUT2D eigenvalue weighted by atomic mass is 16.5. The molecule has 0 radical (unpaired) electrons. The Hall–Kier alpha value is -1.89. The maximum atomic E-state index is 12.3. The molecule has 0 aliphatic carbocycles. The molecule has 0 saturated carbocycles. The van der Waals surface area contributed by atoms with E-state index in [1.165, 1.54) is 75.5 Å². The molecular weight excluding hydrogens is 494 g/mol. The summed E-state index contributed by atoms with van der Waals surface area (Å²) in [6.45, 7) is 6.89. The number of ether oxygens (including phenoxy) is 3. The molecule has 0 unspecified atom stereocenters. The normalized spacial score (nSPS) is 11.3. The molecule has 0 atom stereocenters. The Bertz CT molecular complexity index is 598. The molecule has 0 rings (SSSR count). The average Bonchev–Trinajstić information content (AvgIpc) is 2.90. The van der Waals surface area contributed by atoms with Crippen LogP contribution in [0, 0.1) is 0 Å². The van der Waals surface area contributed by atoms with E-state index in [0.29, 0.717) is 19.8 Å². The highest BCUT2D eigenvalue weighted by Gasteiger charge is 2.20. The summed E-state index contributed by atoms with van der Waals surface area (Å²) in [4.78, 5) is 38.0. The lowest BCUT2D eigenvalue weighted by molar-refractivity contribution is -0.152. The number of carbonyl (C=O) groups is 3. The topological polar surface area (TPSA) is 82.1 Å². The molecule has 0 aliphatic rings. The molecule has 0 bridgehead atoms. The zero-order chi connectivity index (χ0) is 28.8. The smallest absolute Gasteiger partial charge is 0.320 e. The molecule has 228 valence electrons. The minimum Gasteiger partial charge on any atom is -0.465 e. The maximum Gasteiger partial charge on any atom is 0.320 e. The highest BCUT2D eigenvalue weighted by molar-refractivity contribution is 5.78. The molecule has 0 aromatic carbocycles. The number of hydrogen-bond acceptors (Lipinski definition) is 7. The molecule has 0 fully saturated rings. The van der Waals surface area contributed by atoms with Crippen molar-refractivity contribution in [1.82, 2.24) is 4.90 Å². The van der Waals surface area contributed by atoms with Gasteiger partial charge in [-0.05, 0) is 44.9 Å². The van der Waals surface area contributed by atoms with Crippen LogP contribution >= 0.6 is 0 Å². The molecule has 0 aliphatic heterocycles. The largest absolute Gasteiger partial charge is 0.465 e. The third-order valence-corrected chi connectivity index (χ3v) is 6.50. The van der Waals surface area contributed by atoms with Crippen molar-refractivity contribution in [3.8, 4) is 0 Å².